The Labute approximate surface area is 214 Å². The zero-order valence-electron chi connectivity index (χ0n) is 23.8. The van der Waals surface area contributed by atoms with Gasteiger partial charge in [0, 0.05) is 6.42 Å². The number of carbonyl (C=O) groups is 2. The second-order valence-electron chi connectivity index (χ2n) is 14.0. The summed E-state index contributed by atoms with van der Waals surface area (Å²) in [5.41, 5.74) is 0.292. The lowest BCUT2D eigenvalue weighted by atomic mass is 9.63. The Bertz CT molecular complexity index is 674. The van der Waals surface area contributed by atoms with Gasteiger partial charge in [-0.3, -0.25) is 0 Å². The van der Waals surface area contributed by atoms with E-state index in [9.17, 15) is 9.59 Å². The van der Waals surface area contributed by atoms with Gasteiger partial charge in [0.25, 0.3) is 0 Å². The zero-order chi connectivity index (χ0) is 26.3. The third kappa shape index (κ3) is 10.0. The van der Waals surface area contributed by atoms with E-state index in [0.29, 0.717) is 12.3 Å². The molecule has 1 saturated heterocycles. The molecule has 1 aliphatic heterocycles. The van der Waals surface area contributed by atoms with Crippen LogP contribution in [0.3, 0.4) is 0 Å². The summed E-state index contributed by atoms with van der Waals surface area (Å²) >= 11 is 0. The quantitative estimate of drug-likeness (QED) is 0.118. The minimum absolute atomic E-state index is 0.219. The van der Waals surface area contributed by atoms with E-state index in [1.165, 1.54) is 19.3 Å². The van der Waals surface area contributed by atoms with Crippen molar-refractivity contribution in [2.75, 3.05) is 0 Å². The highest BCUT2D eigenvalue weighted by Crippen LogP contribution is 2.46. The van der Waals surface area contributed by atoms with Gasteiger partial charge in [0.1, 0.15) is 0 Å². The van der Waals surface area contributed by atoms with Gasteiger partial charge in [-0.25, -0.2) is 19.4 Å². The van der Waals surface area contributed by atoms with Crippen LogP contribution in [0, 0.1) is 28.1 Å². The molecule has 0 bridgehead atoms. The van der Waals surface area contributed by atoms with Crippen molar-refractivity contribution in [3.05, 3.63) is 0 Å². The van der Waals surface area contributed by atoms with Crippen molar-refractivity contribution in [3.8, 4) is 0 Å². The minimum Gasteiger partial charge on any atom is -0.247 e. The normalized spacial score (nSPS) is 19.8. The summed E-state index contributed by atoms with van der Waals surface area (Å²) in [4.78, 5) is 46.1. The molecular weight excluding hydrogens is 444 g/mol. The summed E-state index contributed by atoms with van der Waals surface area (Å²) in [6, 6.07) is 0. The van der Waals surface area contributed by atoms with E-state index in [2.05, 4.69) is 55.4 Å². The fourth-order valence-corrected chi connectivity index (χ4v) is 5.45. The maximum atomic E-state index is 13.3. The fraction of sp³-hybridized carbons (Fsp3) is 0.931. The number of rotatable bonds is 12. The highest BCUT2D eigenvalue weighted by Gasteiger charge is 2.59. The highest BCUT2D eigenvalue weighted by molar-refractivity contribution is 5.80. The van der Waals surface area contributed by atoms with Crippen LogP contribution in [-0.2, 0) is 29.1 Å². The molecule has 1 saturated carbocycles. The van der Waals surface area contributed by atoms with Gasteiger partial charge in [-0.05, 0) is 60.7 Å². The lowest BCUT2D eigenvalue weighted by Crippen LogP contribution is -2.40. The van der Waals surface area contributed by atoms with Crippen LogP contribution in [0.25, 0.3) is 0 Å². The molecule has 0 aromatic rings. The molecule has 6 nitrogen and oxygen atoms in total. The van der Waals surface area contributed by atoms with E-state index in [1.54, 1.807) is 0 Å². The van der Waals surface area contributed by atoms with E-state index in [4.69, 9.17) is 19.6 Å². The van der Waals surface area contributed by atoms with Crippen molar-refractivity contribution in [3.63, 3.8) is 0 Å². The Morgan fingerprint density at radius 3 is 1.86 bits per heavy atom. The lowest BCUT2D eigenvalue weighted by molar-refractivity contribution is -0.270. The largest absolute Gasteiger partial charge is 0.420 e. The molecule has 1 aliphatic carbocycles. The van der Waals surface area contributed by atoms with Crippen LogP contribution in [-0.4, -0.2) is 17.7 Å². The molecular formula is C29H52O6. The van der Waals surface area contributed by atoms with Crippen molar-refractivity contribution in [1.29, 1.82) is 0 Å². The Morgan fingerprint density at radius 1 is 0.800 bits per heavy atom. The third-order valence-electron chi connectivity index (χ3n) is 7.99. The Kier molecular flexibility index (Phi) is 10.7. The first kappa shape index (κ1) is 30.1. The zero-order valence-corrected chi connectivity index (χ0v) is 23.8. The molecule has 1 heterocycles. The van der Waals surface area contributed by atoms with Gasteiger partial charge in [-0.1, -0.05) is 93.9 Å². The van der Waals surface area contributed by atoms with Gasteiger partial charge < -0.3 is 0 Å². The van der Waals surface area contributed by atoms with Gasteiger partial charge in [0.05, 0.1) is 5.92 Å². The molecule has 2 rings (SSSR count). The van der Waals surface area contributed by atoms with Crippen molar-refractivity contribution >= 4 is 11.9 Å². The monoisotopic (exact) mass is 496 g/mol. The highest BCUT2D eigenvalue weighted by atomic mass is 17.4. The van der Waals surface area contributed by atoms with Crippen molar-refractivity contribution < 1.29 is 29.1 Å². The lowest BCUT2D eigenvalue weighted by Gasteiger charge is -2.41. The SMILES string of the molecule is CC(C)(C)CCCCC(C(=O)OOC(=O)C1(CCCCC(C)(C)C)OO1)C(C)(C)C1CCCCC1. The summed E-state index contributed by atoms with van der Waals surface area (Å²) < 4.78 is 0. The molecule has 35 heavy (non-hydrogen) atoms. The molecule has 2 fully saturated rings. The molecule has 0 aromatic heterocycles. The summed E-state index contributed by atoms with van der Waals surface area (Å²) in [7, 11) is 0. The fourth-order valence-electron chi connectivity index (χ4n) is 5.45. The van der Waals surface area contributed by atoms with E-state index in [-0.39, 0.29) is 22.2 Å². The summed E-state index contributed by atoms with van der Waals surface area (Å²) in [6.45, 7) is 17.7. The second-order valence-corrected chi connectivity index (χ2v) is 14.0. The average molecular weight is 497 g/mol. The molecule has 0 N–H and O–H groups in total. The molecule has 0 amide bonds. The van der Waals surface area contributed by atoms with E-state index in [1.807, 2.05) is 0 Å². The van der Waals surface area contributed by atoms with Crippen LogP contribution in [0.15, 0.2) is 0 Å². The smallest absolute Gasteiger partial charge is 0.247 e. The molecule has 0 radical (unpaired) electrons. The van der Waals surface area contributed by atoms with Crippen LogP contribution >= 0.6 is 0 Å². The van der Waals surface area contributed by atoms with Crippen LogP contribution in [0.2, 0.25) is 0 Å². The predicted molar refractivity (Wildman–Crippen MR) is 137 cm³/mol. The van der Waals surface area contributed by atoms with Crippen molar-refractivity contribution in [2.24, 2.45) is 28.1 Å². The standard InChI is InChI=1S/C29H52O6/c1-26(2,3)19-13-12-18-23(28(7,8)22-16-10-9-11-17-22)24(30)32-33-25(31)29(34-35-29)21-15-14-20-27(4,5)6/h22-23H,9-21H2,1-8H3. The summed E-state index contributed by atoms with van der Waals surface area (Å²) in [5, 5.41) is 0. The molecule has 204 valence electrons. The van der Waals surface area contributed by atoms with Crippen LogP contribution in [0.4, 0.5) is 0 Å². The maximum absolute atomic E-state index is 13.3. The molecule has 6 heteroatoms. The average Bonchev–Trinajstić information content (AvgIpc) is 3.55. The number of hydrogen-bond acceptors (Lipinski definition) is 6. The number of unbranched alkanes of at least 4 members (excludes halogenated alkanes) is 2. The topological polar surface area (TPSA) is 77.7 Å². The maximum Gasteiger partial charge on any atom is 0.420 e. The first-order chi connectivity index (χ1) is 16.2. The van der Waals surface area contributed by atoms with Crippen LogP contribution in [0.1, 0.15) is 139 Å². The van der Waals surface area contributed by atoms with Crippen molar-refractivity contribution in [2.45, 2.75) is 145 Å². The Balaban J connectivity index is 1.93. The first-order valence-electron chi connectivity index (χ1n) is 14.0. The van der Waals surface area contributed by atoms with Gasteiger partial charge in [-0.15, -0.1) is 0 Å². The van der Waals surface area contributed by atoms with Gasteiger partial charge in [0.15, 0.2) is 0 Å². The molecule has 1 atom stereocenters. The Hall–Kier alpha value is -1.14. The van der Waals surface area contributed by atoms with Gasteiger partial charge in [-0.2, -0.15) is 9.78 Å². The van der Waals surface area contributed by atoms with E-state index in [0.717, 1.165) is 57.8 Å². The van der Waals surface area contributed by atoms with Gasteiger partial charge >= 0.3 is 17.7 Å². The van der Waals surface area contributed by atoms with Crippen LogP contribution < -0.4 is 0 Å². The molecule has 1 unspecified atom stereocenters. The molecule has 0 spiro atoms. The Morgan fingerprint density at radius 2 is 1.34 bits per heavy atom. The number of carbonyl (C=O) groups excluding carboxylic acids is 2. The van der Waals surface area contributed by atoms with E-state index >= 15 is 0 Å². The van der Waals surface area contributed by atoms with Crippen molar-refractivity contribution in [1.82, 2.24) is 0 Å². The summed E-state index contributed by atoms with van der Waals surface area (Å²) in [6.07, 6.45) is 13.0. The third-order valence-corrected chi connectivity index (χ3v) is 7.99. The molecule has 2 aliphatic rings. The summed E-state index contributed by atoms with van der Waals surface area (Å²) in [5.74, 6) is -2.49. The van der Waals surface area contributed by atoms with E-state index < -0.39 is 17.7 Å². The van der Waals surface area contributed by atoms with Gasteiger partial charge in [0.2, 0.25) is 0 Å². The molecule has 0 aromatic carbocycles. The second kappa shape index (κ2) is 12.4. The predicted octanol–water partition coefficient (Wildman–Crippen LogP) is 8.08. The van der Waals surface area contributed by atoms with Crippen LogP contribution in [0.5, 0.6) is 0 Å². The first-order valence-corrected chi connectivity index (χ1v) is 14.0. The minimum atomic E-state index is -1.42. The number of hydrogen-bond donors (Lipinski definition) is 0.